The fourth-order valence-electron chi connectivity index (χ4n) is 1.63. The molecule has 15 heavy (non-hydrogen) atoms. The van der Waals surface area contributed by atoms with Crippen LogP contribution in [0.4, 0.5) is 5.82 Å². The molecule has 0 unspecified atom stereocenters. The molecule has 1 aromatic heterocycles. The first-order chi connectivity index (χ1) is 7.42. The van der Waals surface area contributed by atoms with E-state index in [1.165, 1.54) is 4.90 Å². The molecular weight excluding hydrogens is 204 g/mol. The van der Waals surface area contributed by atoms with E-state index >= 15 is 0 Å². The van der Waals surface area contributed by atoms with Gasteiger partial charge in [-0.25, -0.2) is 4.99 Å². The van der Waals surface area contributed by atoms with Gasteiger partial charge in [-0.2, -0.15) is 0 Å². The molecule has 2 heterocycles. The summed E-state index contributed by atoms with van der Waals surface area (Å²) in [5.74, 6) is 1.06. The van der Waals surface area contributed by atoms with Crippen LogP contribution in [0.3, 0.4) is 0 Å². The molecule has 0 aliphatic carbocycles. The lowest BCUT2D eigenvalue weighted by atomic mass is 10.4. The van der Waals surface area contributed by atoms with E-state index in [9.17, 15) is 0 Å². The van der Waals surface area contributed by atoms with Crippen molar-refractivity contribution in [3.05, 3.63) is 48.7 Å². The van der Waals surface area contributed by atoms with Crippen LogP contribution >= 0.6 is 11.8 Å². The topological polar surface area (TPSA) is 17.3 Å². The van der Waals surface area contributed by atoms with Crippen molar-refractivity contribution < 1.29 is 0 Å². The molecule has 0 amide bonds. The van der Waals surface area contributed by atoms with Gasteiger partial charge in [-0.05, 0) is 24.3 Å². The average molecular weight is 214 g/mol. The van der Waals surface area contributed by atoms with Crippen molar-refractivity contribution in [2.24, 2.45) is 4.99 Å². The molecule has 2 aromatic rings. The summed E-state index contributed by atoms with van der Waals surface area (Å²) in [6.45, 7) is 0.905. The number of hydrogen-bond donors (Lipinski definition) is 0. The van der Waals surface area contributed by atoms with Gasteiger partial charge in [-0.3, -0.25) is 0 Å². The van der Waals surface area contributed by atoms with Gasteiger partial charge >= 0.3 is 0 Å². The van der Waals surface area contributed by atoms with Crippen molar-refractivity contribution >= 4 is 22.6 Å². The van der Waals surface area contributed by atoms with E-state index in [-0.39, 0.29) is 0 Å². The molecule has 74 valence electrons. The first-order valence-corrected chi connectivity index (χ1v) is 5.69. The van der Waals surface area contributed by atoms with Gasteiger partial charge in [0.2, 0.25) is 0 Å². The molecule has 0 spiro atoms. The van der Waals surface area contributed by atoms with E-state index in [0.29, 0.717) is 0 Å². The number of fused-ring (bicyclic) bond motifs is 1. The van der Waals surface area contributed by atoms with Gasteiger partial charge in [0.1, 0.15) is 10.9 Å². The summed E-state index contributed by atoms with van der Waals surface area (Å²) in [6, 6.07) is 14.4. The number of nitrogens with zero attached hydrogens (tertiary/aromatic N) is 2. The Morgan fingerprint density at radius 2 is 1.93 bits per heavy atom. The number of thioether (sulfide) groups is 1. The van der Waals surface area contributed by atoms with Crippen molar-refractivity contribution in [3.8, 4) is 0 Å². The molecule has 3 heteroatoms. The van der Waals surface area contributed by atoms with Crippen molar-refractivity contribution in [2.75, 3.05) is 0 Å². The quantitative estimate of drug-likeness (QED) is 0.711. The minimum Gasteiger partial charge on any atom is -0.326 e. The van der Waals surface area contributed by atoms with E-state index in [1.807, 2.05) is 18.2 Å². The summed E-state index contributed by atoms with van der Waals surface area (Å²) < 4.78 is 2.16. The number of benzene rings is 1. The lowest BCUT2D eigenvalue weighted by molar-refractivity contribution is 0.907. The Balaban J connectivity index is 1.80. The minimum atomic E-state index is 0.905. The van der Waals surface area contributed by atoms with Gasteiger partial charge in [0.15, 0.2) is 0 Å². The highest BCUT2D eigenvalue weighted by Crippen LogP contribution is 2.28. The predicted octanol–water partition coefficient (Wildman–Crippen LogP) is 3.32. The van der Waals surface area contributed by atoms with Crippen molar-refractivity contribution in [1.29, 1.82) is 0 Å². The van der Waals surface area contributed by atoms with E-state index in [4.69, 9.17) is 0 Å². The maximum Gasteiger partial charge on any atom is 0.133 e. The summed E-state index contributed by atoms with van der Waals surface area (Å²) >= 11 is 1.74. The zero-order valence-electron chi connectivity index (χ0n) is 8.13. The Bertz CT molecular complexity index is 499. The lowest BCUT2D eigenvalue weighted by Crippen LogP contribution is -1.97. The molecule has 3 rings (SSSR count). The van der Waals surface area contributed by atoms with Gasteiger partial charge < -0.3 is 4.57 Å². The number of aromatic nitrogens is 1. The second kappa shape index (κ2) is 3.59. The summed E-state index contributed by atoms with van der Waals surface area (Å²) in [7, 11) is 0. The predicted molar refractivity (Wildman–Crippen MR) is 63.8 cm³/mol. The Morgan fingerprint density at radius 1 is 1.07 bits per heavy atom. The lowest BCUT2D eigenvalue weighted by Gasteiger charge is -1.99. The van der Waals surface area contributed by atoms with Gasteiger partial charge in [0.05, 0.1) is 6.54 Å². The summed E-state index contributed by atoms with van der Waals surface area (Å²) in [5, 5.41) is 1.16. The fourth-order valence-corrected chi connectivity index (χ4v) is 2.54. The second-order valence-corrected chi connectivity index (χ2v) is 4.56. The highest BCUT2D eigenvalue weighted by Gasteiger charge is 2.13. The SMILES string of the molecule is c1ccc(SC2=Nc3cccn3C2)cc1. The standard InChI is InChI=1S/C12H10N2S/c1-2-5-10(6-3-1)15-12-9-14-8-4-7-11(14)13-12/h1-8H,9H2. The third-order valence-electron chi connectivity index (χ3n) is 2.33. The normalized spacial score (nSPS) is 13.7. The number of hydrogen-bond acceptors (Lipinski definition) is 2. The molecule has 0 N–H and O–H groups in total. The van der Waals surface area contributed by atoms with Crippen LogP contribution in [0.1, 0.15) is 0 Å². The van der Waals surface area contributed by atoms with Crippen molar-refractivity contribution in [1.82, 2.24) is 4.57 Å². The molecule has 0 radical (unpaired) electrons. The van der Waals surface area contributed by atoms with Crippen molar-refractivity contribution in [3.63, 3.8) is 0 Å². The Kier molecular flexibility index (Phi) is 2.10. The third kappa shape index (κ3) is 1.70. The maximum atomic E-state index is 4.55. The first kappa shape index (κ1) is 8.80. The Hall–Kier alpha value is -1.48. The van der Waals surface area contributed by atoms with Crippen LogP contribution in [0, 0.1) is 0 Å². The van der Waals surface area contributed by atoms with E-state index in [2.05, 4.69) is 40.0 Å². The van der Waals surface area contributed by atoms with Crippen LogP contribution in [-0.2, 0) is 6.54 Å². The van der Waals surface area contributed by atoms with Crippen LogP contribution in [0.5, 0.6) is 0 Å². The summed E-state index contributed by atoms with van der Waals surface area (Å²) in [6.07, 6.45) is 2.07. The number of aliphatic imine (C=N–C) groups is 1. The molecule has 1 aliphatic heterocycles. The fraction of sp³-hybridized carbons (Fsp3) is 0.0833. The average Bonchev–Trinajstić information content (AvgIpc) is 2.79. The van der Waals surface area contributed by atoms with E-state index < -0.39 is 0 Å². The highest BCUT2D eigenvalue weighted by atomic mass is 32.2. The minimum absolute atomic E-state index is 0.905. The molecule has 0 bridgehead atoms. The van der Waals surface area contributed by atoms with Crippen molar-refractivity contribution in [2.45, 2.75) is 11.4 Å². The molecule has 1 aliphatic rings. The first-order valence-electron chi connectivity index (χ1n) is 4.87. The molecule has 0 atom stereocenters. The largest absolute Gasteiger partial charge is 0.326 e. The number of rotatable bonds is 1. The highest BCUT2D eigenvalue weighted by molar-refractivity contribution is 8.14. The van der Waals surface area contributed by atoms with E-state index in [1.54, 1.807) is 11.8 Å². The Morgan fingerprint density at radius 3 is 2.73 bits per heavy atom. The molecule has 2 nitrogen and oxygen atoms in total. The van der Waals surface area contributed by atoms with Crippen LogP contribution < -0.4 is 0 Å². The molecule has 0 saturated heterocycles. The van der Waals surface area contributed by atoms with Gasteiger partial charge in [-0.1, -0.05) is 30.0 Å². The van der Waals surface area contributed by atoms with E-state index in [0.717, 1.165) is 17.4 Å². The zero-order chi connectivity index (χ0) is 10.1. The van der Waals surface area contributed by atoms with Gasteiger partial charge in [0, 0.05) is 11.1 Å². The van der Waals surface area contributed by atoms with Gasteiger partial charge in [-0.15, -0.1) is 0 Å². The third-order valence-corrected chi connectivity index (χ3v) is 3.29. The molecule has 0 fully saturated rings. The van der Waals surface area contributed by atoms with Crippen LogP contribution in [0.15, 0.2) is 58.5 Å². The zero-order valence-corrected chi connectivity index (χ0v) is 8.95. The summed E-state index contributed by atoms with van der Waals surface area (Å²) in [4.78, 5) is 5.80. The molecular formula is C12H10N2S. The Labute approximate surface area is 92.7 Å². The summed E-state index contributed by atoms with van der Waals surface area (Å²) in [5.41, 5.74) is 0. The van der Waals surface area contributed by atoms with Crippen LogP contribution in [0.25, 0.3) is 0 Å². The molecule has 0 saturated carbocycles. The second-order valence-electron chi connectivity index (χ2n) is 3.41. The smallest absolute Gasteiger partial charge is 0.133 e. The van der Waals surface area contributed by atoms with Gasteiger partial charge in [0.25, 0.3) is 0 Å². The van der Waals surface area contributed by atoms with Crippen LogP contribution in [-0.4, -0.2) is 9.61 Å². The monoisotopic (exact) mass is 214 g/mol. The molecule has 1 aromatic carbocycles. The van der Waals surface area contributed by atoms with Crippen LogP contribution in [0.2, 0.25) is 0 Å². The maximum absolute atomic E-state index is 4.55.